The maximum absolute atomic E-state index is 15.4. The topological polar surface area (TPSA) is 136 Å². The monoisotopic (exact) mass is 646 g/mol. The highest BCUT2D eigenvalue weighted by molar-refractivity contribution is 6.31. The van der Waals surface area contributed by atoms with Gasteiger partial charge in [-0.1, -0.05) is 77.5 Å². The summed E-state index contributed by atoms with van der Waals surface area (Å²) in [5, 5.41) is 21.3. The summed E-state index contributed by atoms with van der Waals surface area (Å²) in [5.41, 5.74) is 11.2. The van der Waals surface area contributed by atoms with Crippen LogP contribution in [0.15, 0.2) is 109 Å². The van der Waals surface area contributed by atoms with Crippen molar-refractivity contribution in [1.29, 1.82) is 5.26 Å². The van der Waals surface area contributed by atoms with Gasteiger partial charge in [0.2, 0.25) is 11.8 Å². The molecule has 10 nitrogen and oxygen atoms in total. The van der Waals surface area contributed by atoms with Crippen LogP contribution in [0.5, 0.6) is 5.75 Å². The Morgan fingerprint density at radius 2 is 1.65 bits per heavy atom. The Labute approximate surface area is 278 Å². The third-order valence-electron chi connectivity index (χ3n) is 9.29. The van der Waals surface area contributed by atoms with E-state index in [1.807, 2.05) is 97.9 Å². The van der Waals surface area contributed by atoms with Crippen LogP contribution in [0.4, 0.5) is 5.69 Å². The lowest BCUT2D eigenvalue weighted by Gasteiger charge is -2.35. The predicted octanol–water partition coefficient (Wildman–Crippen LogP) is 6.40. The van der Waals surface area contributed by atoms with Gasteiger partial charge < -0.3 is 15.4 Å². The Hall–Kier alpha value is -6.31. The molecular weight excluding hydrogens is 624 g/mol. The van der Waals surface area contributed by atoms with Gasteiger partial charge in [0, 0.05) is 32.6 Å². The minimum atomic E-state index is -1.69. The number of nitriles is 1. The Balaban J connectivity index is 1.34. The summed E-state index contributed by atoms with van der Waals surface area (Å²) in [5.74, 6) is -0.159. The van der Waals surface area contributed by atoms with Crippen LogP contribution in [0.3, 0.4) is 0 Å². The molecule has 0 bridgehead atoms. The molecule has 2 aromatic heterocycles. The summed E-state index contributed by atoms with van der Waals surface area (Å²) >= 11 is 6.46. The van der Waals surface area contributed by atoms with Crippen LogP contribution < -0.4 is 15.4 Å². The second kappa shape index (κ2) is 10.1. The van der Waals surface area contributed by atoms with Crippen molar-refractivity contribution in [3.63, 3.8) is 0 Å². The van der Waals surface area contributed by atoms with E-state index in [4.69, 9.17) is 32.0 Å². The van der Waals surface area contributed by atoms with E-state index in [2.05, 4.69) is 16.4 Å². The quantitative estimate of drug-likeness (QED) is 0.172. The molecule has 1 unspecified atom stereocenters. The van der Waals surface area contributed by atoms with Crippen LogP contribution in [0.2, 0.25) is 5.02 Å². The van der Waals surface area contributed by atoms with E-state index in [0.717, 1.165) is 10.9 Å². The number of para-hydroxylation sites is 3. The van der Waals surface area contributed by atoms with Gasteiger partial charge >= 0.3 is 0 Å². The molecule has 48 heavy (non-hydrogen) atoms. The highest BCUT2D eigenvalue weighted by Crippen LogP contribution is 2.58. The van der Waals surface area contributed by atoms with Gasteiger partial charge in [0.05, 0.1) is 46.2 Å². The van der Waals surface area contributed by atoms with Crippen molar-refractivity contribution in [2.75, 3.05) is 4.90 Å². The number of amides is 1. The minimum absolute atomic E-state index is 0.0153. The summed E-state index contributed by atoms with van der Waals surface area (Å²) in [6, 6.07) is 30.5. The zero-order valence-corrected chi connectivity index (χ0v) is 26.1. The molecule has 5 aromatic carbocycles. The summed E-state index contributed by atoms with van der Waals surface area (Å²) in [4.78, 5) is 27.3. The van der Waals surface area contributed by atoms with Gasteiger partial charge in [-0.15, -0.1) is 5.10 Å². The third kappa shape index (κ3) is 3.64. The number of aryl methyl sites for hydroxylation is 1. The number of halogens is 1. The summed E-state index contributed by atoms with van der Waals surface area (Å²) in [6.45, 7) is 2.01. The Bertz CT molecular complexity index is 2620. The van der Waals surface area contributed by atoms with E-state index in [-0.39, 0.29) is 23.9 Å². The highest BCUT2D eigenvalue weighted by Gasteiger charge is 2.60. The Kier molecular flexibility index (Phi) is 5.88. The van der Waals surface area contributed by atoms with Crippen molar-refractivity contribution in [3.05, 3.63) is 136 Å². The lowest BCUT2D eigenvalue weighted by atomic mass is 9.67. The molecule has 7 aromatic rings. The molecular formula is C37H23ClN8O2. The third-order valence-corrected chi connectivity index (χ3v) is 9.69. The highest BCUT2D eigenvalue weighted by atomic mass is 35.5. The van der Waals surface area contributed by atoms with Gasteiger partial charge in [-0.2, -0.15) is 5.26 Å². The minimum Gasteiger partial charge on any atom is -0.439 e. The van der Waals surface area contributed by atoms with E-state index in [1.54, 1.807) is 15.8 Å². The molecule has 0 saturated carbocycles. The Morgan fingerprint density at radius 3 is 2.42 bits per heavy atom. The van der Waals surface area contributed by atoms with Crippen molar-refractivity contribution in [3.8, 4) is 17.5 Å². The van der Waals surface area contributed by atoms with E-state index < -0.39 is 5.41 Å². The zero-order chi connectivity index (χ0) is 32.7. The van der Waals surface area contributed by atoms with E-state index in [9.17, 15) is 5.26 Å². The average Bonchev–Trinajstić information content (AvgIpc) is 3.67. The van der Waals surface area contributed by atoms with Gasteiger partial charge in [-0.3, -0.25) is 4.79 Å². The molecule has 230 valence electrons. The average molecular weight is 647 g/mol. The van der Waals surface area contributed by atoms with Gasteiger partial charge in [0.15, 0.2) is 0 Å². The van der Waals surface area contributed by atoms with Crippen LogP contribution in [0.25, 0.3) is 38.5 Å². The van der Waals surface area contributed by atoms with Crippen molar-refractivity contribution < 1.29 is 9.53 Å². The number of anilines is 1. The fourth-order valence-corrected chi connectivity index (χ4v) is 7.28. The molecule has 1 amide bonds. The first kappa shape index (κ1) is 28.0. The number of nitrogens with zero attached hydrogens (tertiary/aromatic N) is 7. The number of fused-ring (bicyclic) bond motifs is 10. The largest absolute Gasteiger partial charge is 0.439 e. The number of hydrogen-bond donors (Lipinski definition) is 1. The first-order valence-corrected chi connectivity index (χ1v) is 15.6. The first-order chi connectivity index (χ1) is 23.4. The summed E-state index contributed by atoms with van der Waals surface area (Å²) in [6.07, 6.45) is 1.61. The lowest BCUT2D eigenvalue weighted by molar-refractivity contribution is -0.121. The number of ether oxygens (including phenoxy) is 1. The molecule has 1 atom stereocenters. The molecule has 0 saturated heterocycles. The second-order valence-electron chi connectivity index (χ2n) is 11.8. The molecule has 2 aliphatic heterocycles. The number of nitrogens with two attached hydrogens (primary N) is 1. The molecule has 11 heteroatoms. The number of hydrogen-bond acceptors (Lipinski definition) is 8. The maximum atomic E-state index is 15.4. The fraction of sp³-hybridized carbons (Fsp3) is 0.0811. The summed E-state index contributed by atoms with van der Waals surface area (Å²) < 4.78 is 7.97. The maximum Gasteiger partial charge on any atom is 0.248 e. The lowest BCUT2D eigenvalue weighted by Crippen LogP contribution is -2.46. The second-order valence-corrected chi connectivity index (χ2v) is 12.2. The standard InChI is InChI=1S/C37H23ClN8O2/c1-20-14-15-21(16-27(20)38)46-22(18-41-44-46)19-45-30-13-7-4-10-25(30)37(36(45)47)26(17-39)35(40)48-34-24-9-3-2-8-23(24)32-33(31(34)37)43-29-12-6-5-11-28(29)42-32/h2-16,18H,19,40H2,1H3. The molecule has 1 spiro atoms. The number of carbonyl (C=O) groups is 1. The molecule has 0 fully saturated rings. The molecule has 9 rings (SSSR count). The Morgan fingerprint density at radius 1 is 0.938 bits per heavy atom. The first-order valence-electron chi connectivity index (χ1n) is 15.2. The molecule has 4 heterocycles. The zero-order valence-electron chi connectivity index (χ0n) is 25.3. The van der Waals surface area contributed by atoms with Crippen LogP contribution in [-0.2, 0) is 16.8 Å². The number of benzene rings is 5. The van der Waals surface area contributed by atoms with Crippen molar-refractivity contribution in [2.45, 2.75) is 18.9 Å². The predicted molar refractivity (Wildman–Crippen MR) is 182 cm³/mol. The molecule has 2 N–H and O–H groups in total. The van der Waals surface area contributed by atoms with Crippen LogP contribution in [-0.4, -0.2) is 30.9 Å². The number of carbonyl (C=O) groups excluding carboxylic acids is 1. The van der Waals surface area contributed by atoms with Crippen molar-refractivity contribution >= 4 is 56.0 Å². The number of rotatable bonds is 3. The SMILES string of the molecule is Cc1ccc(-n2nncc2CN2C(=O)C3(C(C#N)=C(N)Oc4c3c3nc5ccccc5nc3c3ccccc43)c3ccccc32)cc1Cl. The molecule has 0 radical (unpaired) electrons. The van der Waals surface area contributed by atoms with Crippen molar-refractivity contribution in [2.24, 2.45) is 5.73 Å². The van der Waals surface area contributed by atoms with Gasteiger partial charge in [-0.25, -0.2) is 14.6 Å². The van der Waals surface area contributed by atoms with E-state index >= 15 is 4.79 Å². The molecule has 0 aliphatic carbocycles. The van der Waals surface area contributed by atoms with Crippen LogP contribution >= 0.6 is 11.6 Å². The summed E-state index contributed by atoms with van der Waals surface area (Å²) in [7, 11) is 0. The number of aromatic nitrogens is 5. The van der Waals surface area contributed by atoms with Gasteiger partial charge in [0.1, 0.15) is 22.8 Å². The van der Waals surface area contributed by atoms with Gasteiger partial charge in [0.25, 0.3) is 0 Å². The van der Waals surface area contributed by atoms with Gasteiger partial charge in [-0.05, 0) is 42.8 Å². The van der Waals surface area contributed by atoms with E-state index in [0.29, 0.717) is 66.4 Å². The van der Waals surface area contributed by atoms with Crippen LogP contribution in [0.1, 0.15) is 22.4 Å². The normalized spacial score (nSPS) is 16.9. The fourth-order valence-electron chi connectivity index (χ4n) is 7.11. The van der Waals surface area contributed by atoms with Crippen molar-refractivity contribution in [1.82, 2.24) is 25.0 Å². The van der Waals surface area contributed by atoms with Crippen LogP contribution in [0, 0.1) is 18.3 Å². The molecule has 2 aliphatic rings. The smallest absolute Gasteiger partial charge is 0.248 e. The van der Waals surface area contributed by atoms with E-state index in [1.165, 1.54) is 0 Å².